The lowest BCUT2D eigenvalue weighted by Crippen LogP contribution is -2.36. The zero-order valence-electron chi connectivity index (χ0n) is 25.5. The lowest BCUT2D eigenvalue weighted by atomic mass is 9.92. The second-order valence-electron chi connectivity index (χ2n) is 12.6. The van der Waals surface area contributed by atoms with Gasteiger partial charge in [0.1, 0.15) is 18.8 Å². The monoisotopic (exact) mass is 565 g/mol. The van der Waals surface area contributed by atoms with Gasteiger partial charge in [0.25, 0.3) is 0 Å². The largest absolute Gasteiger partial charge is 0.508 e. The maximum Gasteiger partial charge on any atom is 0.508 e. The van der Waals surface area contributed by atoms with E-state index < -0.39 is 36.2 Å². The van der Waals surface area contributed by atoms with Crippen LogP contribution in [0.25, 0.3) is 0 Å². The molecule has 10 heteroatoms. The SMILES string of the molecule is CCC(C)COC(=O)O[C@@H](C)COC(=O)[C@@H](N)Cc1ccc(OC(=O)CC(C)(C)C)c(OC(=O)CC(C)(C)C)c1. The minimum atomic E-state index is -1.04. The van der Waals surface area contributed by atoms with E-state index in [9.17, 15) is 19.2 Å². The van der Waals surface area contributed by atoms with Crippen molar-refractivity contribution in [3.8, 4) is 11.5 Å². The van der Waals surface area contributed by atoms with E-state index in [0.717, 1.165) is 6.42 Å². The molecule has 1 aromatic carbocycles. The highest BCUT2D eigenvalue weighted by atomic mass is 16.7. The van der Waals surface area contributed by atoms with Crippen molar-refractivity contribution in [1.29, 1.82) is 0 Å². The molecular formula is C30H47NO9. The smallest absolute Gasteiger partial charge is 0.461 e. The Morgan fingerprint density at radius 1 is 0.825 bits per heavy atom. The van der Waals surface area contributed by atoms with E-state index in [-0.39, 0.29) is 60.7 Å². The summed E-state index contributed by atoms with van der Waals surface area (Å²) in [5.74, 6) is -1.27. The van der Waals surface area contributed by atoms with Gasteiger partial charge in [-0.25, -0.2) is 4.79 Å². The van der Waals surface area contributed by atoms with E-state index in [4.69, 9.17) is 29.4 Å². The summed E-state index contributed by atoms with van der Waals surface area (Å²) < 4.78 is 26.4. The summed E-state index contributed by atoms with van der Waals surface area (Å²) in [7, 11) is 0. The third-order valence-electron chi connectivity index (χ3n) is 5.50. The molecule has 40 heavy (non-hydrogen) atoms. The summed E-state index contributed by atoms with van der Waals surface area (Å²) in [6, 6.07) is 3.62. The number of benzene rings is 1. The molecule has 1 unspecified atom stereocenters. The van der Waals surface area contributed by atoms with Gasteiger partial charge < -0.3 is 29.4 Å². The Bertz CT molecular complexity index is 1010. The average Bonchev–Trinajstić information content (AvgIpc) is 2.80. The molecule has 0 saturated carbocycles. The molecule has 0 aromatic heterocycles. The van der Waals surface area contributed by atoms with Crippen molar-refractivity contribution < 1.29 is 42.9 Å². The molecule has 0 aliphatic heterocycles. The minimum absolute atomic E-state index is 0.0606. The molecule has 0 amide bonds. The zero-order valence-corrected chi connectivity index (χ0v) is 25.5. The predicted molar refractivity (Wildman–Crippen MR) is 150 cm³/mol. The molecular weight excluding hydrogens is 518 g/mol. The average molecular weight is 566 g/mol. The predicted octanol–water partition coefficient (Wildman–Crippen LogP) is 5.37. The first-order valence-corrected chi connectivity index (χ1v) is 13.7. The summed E-state index contributed by atoms with van der Waals surface area (Å²) in [5, 5.41) is 0. The van der Waals surface area contributed by atoms with Crippen LogP contribution in [0.1, 0.15) is 87.1 Å². The normalized spacial score (nSPS) is 13.9. The van der Waals surface area contributed by atoms with Crippen LogP contribution in [0.2, 0.25) is 0 Å². The molecule has 10 nitrogen and oxygen atoms in total. The maximum absolute atomic E-state index is 12.5. The van der Waals surface area contributed by atoms with Crippen LogP contribution >= 0.6 is 0 Å². The molecule has 0 radical (unpaired) electrons. The van der Waals surface area contributed by atoms with Crippen molar-refractivity contribution in [3.63, 3.8) is 0 Å². The number of carbonyl (C=O) groups is 4. The Labute approximate surface area is 238 Å². The van der Waals surface area contributed by atoms with Gasteiger partial charge in [-0.15, -0.1) is 0 Å². The van der Waals surface area contributed by atoms with E-state index in [1.54, 1.807) is 13.0 Å². The van der Waals surface area contributed by atoms with Crippen LogP contribution in [0.3, 0.4) is 0 Å². The van der Waals surface area contributed by atoms with Gasteiger partial charge in [-0.1, -0.05) is 67.9 Å². The molecule has 0 heterocycles. The number of esters is 3. The standard InChI is InChI=1S/C30H47NO9/c1-10-19(2)17-37-28(35)38-20(3)18-36-27(34)22(31)13-21-11-12-23(39-25(32)15-29(4,5)6)24(14-21)40-26(33)16-30(7,8)9/h11-12,14,19-20,22H,10,13,15-18,31H2,1-9H3/t19?,20-,22-/m0/s1. The van der Waals surface area contributed by atoms with Gasteiger partial charge in [0.05, 0.1) is 19.4 Å². The van der Waals surface area contributed by atoms with Gasteiger partial charge in [0.2, 0.25) is 0 Å². The van der Waals surface area contributed by atoms with Gasteiger partial charge >= 0.3 is 24.1 Å². The van der Waals surface area contributed by atoms with Gasteiger partial charge in [0.15, 0.2) is 11.5 Å². The Morgan fingerprint density at radius 3 is 1.90 bits per heavy atom. The first-order chi connectivity index (χ1) is 18.4. The van der Waals surface area contributed by atoms with E-state index >= 15 is 0 Å². The molecule has 1 rings (SSSR count). The van der Waals surface area contributed by atoms with Gasteiger partial charge in [-0.2, -0.15) is 0 Å². The first-order valence-electron chi connectivity index (χ1n) is 13.7. The van der Waals surface area contributed by atoms with Crippen LogP contribution in [0.15, 0.2) is 18.2 Å². The Kier molecular flexibility index (Phi) is 13.6. The van der Waals surface area contributed by atoms with E-state index in [1.165, 1.54) is 12.1 Å². The zero-order chi connectivity index (χ0) is 30.7. The van der Waals surface area contributed by atoms with Gasteiger partial charge in [-0.3, -0.25) is 14.4 Å². The maximum atomic E-state index is 12.5. The number of carbonyl (C=O) groups excluding carboxylic acids is 4. The third kappa shape index (κ3) is 14.9. The fraction of sp³-hybridized carbons (Fsp3) is 0.667. The van der Waals surface area contributed by atoms with Crippen molar-refractivity contribution in [3.05, 3.63) is 23.8 Å². The van der Waals surface area contributed by atoms with E-state index in [0.29, 0.717) is 5.56 Å². The van der Waals surface area contributed by atoms with Crippen molar-refractivity contribution >= 4 is 24.1 Å². The molecule has 0 aliphatic rings. The van der Waals surface area contributed by atoms with Crippen molar-refractivity contribution in [2.45, 2.75) is 100 Å². The lowest BCUT2D eigenvalue weighted by molar-refractivity contribution is -0.148. The summed E-state index contributed by atoms with van der Waals surface area (Å²) in [6.07, 6.45) is -0.320. The van der Waals surface area contributed by atoms with Crippen LogP contribution < -0.4 is 15.2 Å². The topological polar surface area (TPSA) is 140 Å². The van der Waals surface area contributed by atoms with Crippen LogP contribution in [0, 0.1) is 16.7 Å². The molecule has 0 aliphatic carbocycles. The highest BCUT2D eigenvalue weighted by molar-refractivity contribution is 5.78. The van der Waals surface area contributed by atoms with E-state index in [2.05, 4.69) is 0 Å². The third-order valence-corrected chi connectivity index (χ3v) is 5.50. The number of rotatable bonds is 13. The van der Waals surface area contributed by atoms with Crippen molar-refractivity contribution in [2.24, 2.45) is 22.5 Å². The molecule has 0 spiro atoms. The van der Waals surface area contributed by atoms with Gasteiger partial charge in [-0.05, 0) is 47.8 Å². The van der Waals surface area contributed by atoms with Gasteiger partial charge in [0, 0.05) is 0 Å². The molecule has 0 fully saturated rings. The molecule has 2 N–H and O–H groups in total. The summed E-state index contributed by atoms with van der Waals surface area (Å²) in [4.78, 5) is 49.2. The highest BCUT2D eigenvalue weighted by Crippen LogP contribution is 2.32. The number of ether oxygens (including phenoxy) is 5. The van der Waals surface area contributed by atoms with Crippen molar-refractivity contribution in [1.82, 2.24) is 0 Å². The van der Waals surface area contributed by atoms with Crippen LogP contribution in [-0.2, 0) is 35.0 Å². The second-order valence-corrected chi connectivity index (χ2v) is 12.6. The first kappa shape index (κ1) is 34.9. The Hall–Kier alpha value is -3.14. The fourth-order valence-electron chi connectivity index (χ4n) is 3.23. The summed E-state index contributed by atoms with van der Waals surface area (Å²) in [6.45, 7) is 17.0. The van der Waals surface area contributed by atoms with Crippen LogP contribution in [0.5, 0.6) is 11.5 Å². The van der Waals surface area contributed by atoms with E-state index in [1.807, 2.05) is 55.4 Å². The minimum Gasteiger partial charge on any atom is -0.461 e. The highest BCUT2D eigenvalue weighted by Gasteiger charge is 2.24. The molecule has 0 bridgehead atoms. The molecule has 3 atom stereocenters. The quantitative estimate of drug-likeness (QED) is 0.245. The number of hydrogen-bond donors (Lipinski definition) is 1. The number of nitrogens with two attached hydrogens (primary N) is 1. The van der Waals surface area contributed by atoms with Crippen LogP contribution in [-0.4, -0.2) is 49.4 Å². The Balaban J connectivity index is 2.85. The summed E-state index contributed by atoms with van der Waals surface area (Å²) >= 11 is 0. The molecule has 226 valence electrons. The number of hydrogen-bond acceptors (Lipinski definition) is 10. The molecule has 1 aromatic rings. The molecule has 0 saturated heterocycles. The summed E-state index contributed by atoms with van der Waals surface area (Å²) in [5.41, 5.74) is 6.02. The Morgan fingerprint density at radius 2 is 1.38 bits per heavy atom. The fourth-order valence-corrected chi connectivity index (χ4v) is 3.23. The van der Waals surface area contributed by atoms with Crippen molar-refractivity contribution in [2.75, 3.05) is 13.2 Å². The van der Waals surface area contributed by atoms with Crippen LogP contribution in [0.4, 0.5) is 4.79 Å². The second kappa shape index (κ2) is 15.6. The lowest BCUT2D eigenvalue weighted by Gasteiger charge is -2.20.